The Balaban J connectivity index is 1.82. The van der Waals surface area contributed by atoms with E-state index in [1.807, 2.05) is 94.2 Å². The van der Waals surface area contributed by atoms with Gasteiger partial charge in [-0.05, 0) is 63.1 Å². The molecule has 0 bridgehead atoms. The van der Waals surface area contributed by atoms with E-state index in [2.05, 4.69) is 5.10 Å². The van der Waals surface area contributed by atoms with Gasteiger partial charge in [-0.3, -0.25) is 4.68 Å². The topological polar surface area (TPSA) is 77.2 Å². The van der Waals surface area contributed by atoms with Crippen LogP contribution < -0.4 is 0 Å². The van der Waals surface area contributed by atoms with E-state index in [0.29, 0.717) is 10.6 Å². The average Bonchev–Trinajstić information content (AvgIpc) is 3.40. The third kappa shape index (κ3) is 4.39. The smallest absolute Gasteiger partial charge is 0.337 e. The molecule has 0 saturated carbocycles. The number of nitrogens with zero attached hydrogens (tertiary/aromatic N) is 3. The highest BCUT2D eigenvalue weighted by molar-refractivity contribution is 7.22. The molecule has 5 aromatic rings. The molecule has 0 fully saturated rings. The third-order valence-electron chi connectivity index (χ3n) is 6.04. The second-order valence-corrected chi connectivity index (χ2v) is 11.2. The average molecular weight is 520 g/mol. The van der Waals surface area contributed by atoms with Gasteiger partial charge >= 0.3 is 5.97 Å². The lowest BCUT2D eigenvalue weighted by atomic mass is 9.91. The Morgan fingerprint density at radius 1 is 1.17 bits per heavy atom. The molecule has 0 aliphatic carbocycles. The van der Waals surface area contributed by atoms with Crippen molar-refractivity contribution in [2.75, 3.05) is 0 Å². The molecule has 0 unspecified atom stereocenters. The summed E-state index contributed by atoms with van der Waals surface area (Å²) in [6.07, 6.45) is 0.706. The highest BCUT2D eigenvalue weighted by Gasteiger charge is 2.32. The lowest BCUT2D eigenvalue weighted by Gasteiger charge is -2.28. The number of carbonyl (C=O) groups is 1. The van der Waals surface area contributed by atoms with Gasteiger partial charge in [0.2, 0.25) is 0 Å². The molecule has 1 atom stereocenters. The fourth-order valence-electron chi connectivity index (χ4n) is 4.52. The predicted octanol–water partition coefficient (Wildman–Crippen LogP) is 7.42. The van der Waals surface area contributed by atoms with Crippen molar-refractivity contribution in [3.63, 3.8) is 0 Å². The fraction of sp³-hybridized carbons (Fsp3) is 0.250. The van der Waals surface area contributed by atoms with Crippen molar-refractivity contribution < 1.29 is 14.6 Å². The minimum absolute atomic E-state index is 0.609. The zero-order valence-electron chi connectivity index (χ0n) is 20.7. The molecule has 0 aliphatic heterocycles. The first-order valence-electron chi connectivity index (χ1n) is 11.5. The van der Waals surface area contributed by atoms with Crippen LogP contribution in [0.2, 0.25) is 5.02 Å². The van der Waals surface area contributed by atoms with Crippen LogP contribution in [-0.4, -0.2) is 31.4 Å². The molecule has 0 spiro atoms. The normalized spacial score (nSPS) is 12.9. The molecule has 6 nitrogen and oxygen atoms in total. The highest BCUT2D eigenvalue weighted by atomic mass is 35.5. The van der Waals surface area contributed by atoms with Crippen LogP contribution in [0, 0.1) is 6.92 Å². The molecule has 8 heteroatoms. The lowest BCUT2D eigenvalue weighted by Crippen LogP contribution is -2.28. The number of aliphatic carboxylic acids is 1. The summed E-state index contributed by atoms with van der Waals surface area (Å²) in [6.45, 7) is 7.49. The molecule has 2 heterocycles. The number of hydrogen-bond donors (Lipinski definition) is 1. The van der Waals surface area contributed by atoms with Crippen LogP contribution in [0.15, 0.2) is 54.7 Å². The standard InChI is InChI=1S/C28H26ClN3O3S/c1-15-13-20-25(36-26(31-20)18-7-6-8-21-19(18)14-30-32(21)5)23(16-9-11-17(29)12-10-16)22(15)24(27(33)34)35-28(2,3)4/h6-14,24H,1-5H3,(H,33,34)/t24-/m0/s1. The van der Waals surface area contributed by atoms with Crippen LogP contribution in [0.3, 0.4) is 0 Å². The largest absolute Gasteiger partial charge is 0.479 e. The molecule has 1 N–H and O–H groups in total. The number of carboxylic acid groups (broad SMARTS) is 1. The van der Waals surface area contributed by atoms with Gasteiger partial charge in [-0.25, -0.2) is 9.78 Å². The quantitative estimate of drug-likeness (QED) is 0.261. The maximum atomic E-state index is 12.5. The molecule has 2 aromatic heterocycles. The van der Waals surface area contributed by atoms with Crippen molar-refractivity contribution in [3.05, 3.63) is 70.9 Å². The Kier molecular flexibility index (Phi) is 6.11. The van der Waals surface area contributed by atoms with E-state index < -0.39 is 17.7 Å². The Labute approximate surface area is 218 Å². The van der Waals surface area contributed by atoms with Crippen LogP contribution in [-0.2, 0) is 16.6 Å². The van der Waals surface area contributed by atoms with Crippen molar-refractivity contribution in [2.45, 2.75) is 39.4 Å². The molecular weight excluding hydrogens is 494 g/mol. The van der Waals surface area contributed by atoms with Crippen molar-refractivity contribution in [1.29, 1.82) is 0 Å². The molecule has 0 amide bonds. The Bertz CT molecular complexity index is 1610. The predicted molar refractivity (Wildman–Crippen MR) is 146 cm³/mol. The first-order valence-corrected chi connectivity index (χ1v) is 12.7. The molecule has 3 aromatic carbocycles. The van der Waals surface area contributed by atoms with Crippen LogP contribution >= 0.6 is 22.9 Å². The van der Waals surface area contributed by atoms with Crippen molar-refractivity contribution in [1.82, 2.24) is 14.8 Å². The fourth-order valence-corrected chi connectivity index (χ4v) is 5.81. The minimum Gasteiger partial charge on any atom is -0.479 e. The third-order valence-corrected chi connectivity index (χ3v) is 7.41. The summed E-state index contributed by atoms with van der Waals surface area (Å²) in [5.74, 6) is -1.03. The van der Waals surface area contributed by atoms with Crippen molar-refractivity contribution in [3.8, 4) is 21.7 Å². The van der Waals surface area contributed by atoms with Crippen molar-refractivity contribution >= 4 is 50.0 Å². The molecule has 184 valence electrons. The first kappa shape index (κ1) is 24.4. The lowest BCUT2D eigenvalue weighted by molar-refractivity contribution is -0.160. The summed E-state index contributed by atoms with van der Waals surface area (Å²) < 4.78 is 8.84. The number of rotatable bonds is 5. The van der Waals surface area contributed by atoms with E-state index in [4.69, 9.17) is 21.3 Å². The number of carboxylic acids is 1. The zero-order chi connectivity index (χ0) is 25.8. The van der Waals surface area contributed by atoms with Gasteiger partial charge in [0, 0.05) is 34.1 Å². The second kappa shape index (κ2) is 9.00. The van der Waals surface area contributed by atoms with E-state index in [9.17, 15) is 9.90 Å². The summed E-state index contributed by atoms with van der Waals surface area (Å²) in [5.41, 5.74) is 5.26. The van der Waals surface area contributed by atoms with Gasteiger partial charge in [0.15, 0.2) is 6.10 Å². The van der Waals surface area contributed by atoms with E-state index in [0.717, 1.165) is 48.4 Å². The van der Waals surface area contributed by atoms with Gasteiger partial charge in [-0.2, -0.15) is 5.10 Å². The number of halogens is 1. The zero-order valence-corrected chi connectivity index (χ0v) is 22.2. The summed E-state index contributed by atoms with van der Waals surface area (Å²) in [6, 6.07) is 15.5. The summed E-state index contributed by atoms with van der Waals surface area (Å²) in [5, 5.41) is 17.1. The van der Waals surface area contributed by atoms with Crippen molar-refractivity contribution in [2.24, 2.45) is 7.05 Å². The molecule has 5 rings (SSSR count). The summed E-state index contributed by atoms with van der Waals surface area (Å²) >= 11 is 7.73. The summed E-state index contributed by atoms with van der Waals surface area (Å²) in [7, 11) is 1.92. The maximum Gasteiger partial charge on any atom is 0.337 e. The number of thiazole rings is 1. The van der Waals surface area contributed by atoms with Gasteiger partial charge in [-0.15, -0.1) is 11.3 Å². The number of benzene rings is 3. The monoisotopic (exact) mass is 519 g/mol. The Morgan fingerprint density at radius 2 is 1.89 bits per heavy atom. The first-order chi connectivity index (χ1) is 17.0. The molecule has 0 aliphatic rings. The van der Waals surface area contributed by atoms with Gasteiger partial charge < -0.3 is 9.84 Å². The Morgan fingerprint density at radius 3 is 2.56 bits per heavy atom. The number of aryl methyl sites for hydroxylation is 2. The van der Waals surface area contributed by atoms with Crippen LogP contribution in [0.5, 0.6) is 0 Å². The number of aromatic nitrogens is 3. The van der Waals surface area contributed by atoms with Crippen LogP contribution in [0.1, 0.15) is 38.0 Å². The highest BCUT2D eigenvalue weighted by Crippen LogP contribution is 2.45. The number of ether oxygens (including phenoxy) is 1. The Hall–Kier alpha value is -3.26. The molecule has 36 heavy (non-hydrogen) atoms. The van der Waals surface area contributed by atoms with E-state index in [-0.39, 0.29) is 0 Å². The number of hydrogen-bond acceptors (Lipinski definition) is 5. The van der Waals surface area contributed by atoms with E-state index in [1.165, 1.54) is 0 Å². The number of fused-ring (bicyclic) bond motifs is 2. The molecule has 0 radical (unpaired) electrons. The van der Waals surface area contributed by atoms with E-state index >= 15 is 0 Å². The van der Waals surface area contributed by atoms with Crippen LogP contribution in [0.4, 0.5) is 0 Å². The molecule has 0 saturated heterocycles. The van der Waals surface area contributed by atoms with Gasteiger partial charge in [-0.1, -0.05) is 35.9 Å². The van der Waals surface area contributed by atoms with E-state index in [1.54, 1.807) is 11.3 Å². The summed E-state index contributed by atoms with van der Waals surface area (Å²) in [4.78, 5) is 17.5. The SMILES string of the molecule is Cc1cc2nc(-c3cccc4c3cnn4C)sc2c(-c2ccc(Cl)cc2)c1[C@H](OC(C)(C)C)C(=O)O. The minimum atomic E-state index is -1.15. The second-order valence-electron chi connectivity index (χ2n) is 9.81. The molecular formula is C28H26ClN3O3S. The maximum absolute atomic E-state index is 12.5. The van der Waals surface area contributed by atoms with Gasteiger partial charge in [0.05, 0.1) is 27.5 Å². The van der Waals surface area contributed by atoms with Crippen LogP contribution in [0.25, 0.3) is 42.8 Å². The van der Waals surface area contributed by atoms with Gasteiger partial charge in [0.1, 0.15) is 5.01 Å². The van der Waals surface area contributed by atoms with Gasteiger partial charge in [0.25, 0.3) is 0 Å².